The van der Waals surface area contributed by atoms with Crippen molar-refractivity contribution >= 4 is 27.5 Å². The zero-order chi connectivity index (χ0) is 12.6. The largest absolute Gasteiger partial charge is 0.325 e. The molecule has 1 aliphatic rings. The van der Waals surface area contributed by atoms with Crippen molar-refractivity contribution in [3.05, 3.63) is 28.2 Å². The molecule has 0 radical (unpaired) electrons. The maximum Gasteiger partial charge on any atom is 0.227 e. The number of halogens is 1. The van der Waals surface area contributed by atoms with Crippen LogP contribution >= 0.6 is 15.9 Å². The van der Waals surface area contributed by atoms with Crippen molar-refractivity contribution in [2.45, 2.75) is 39.0 Å². The van der Waals surface area contributed by atoms with Gasteiger partial charge >= 0.3 is 0 Å². The molecule has 1 amide bonds. The molecule has 0 atom stereocenters. The molecule has 1 N–H and O–H groups in total. The van der Waals surface area contributed by atoms with Gasteiger partial charge in [-0.2, -0.15) is 0 Å². The smallest absolute Gasteiger partial charge is 0.227 e. The summed E-state index contributed by atoms with van der Waals surface area (Å²) in [6.45, 7) is 6.53. The van der Waals surface area contributed by atoms with Gasteiger partial charge in [0.2, 0.25) is 5.91 Å². The minimum absolute atomic E-state index is 0.127. The third-order valence-corrected chi connectivity index (χ3v) is 3.70. The monoisotopic (exact) mass is 295 g/mol. The molecule has 0 spiro atoms. The second kappa shape index (κ2) is 4.45. The van der Waals surface area contributed by atoms with Crippen molar-refractivity contribution in [3.63, 3.8) is 0 Å². The lowest BCUT2D eigenvalue weighted by Gasteiger charge is -2.20. The first-order chi connectivity index (χ1) is 7.88. The van der Waals surface area contributed by atoms with Crippen LogP contribution in [0.5, 0.6) is 0 Å². The minimum Gasteiger partial charge on any atom is -0.325 e. The molecule has 92 valence electrons. The zero-order valence-electron chi connectivity index (χ0n) is 10.5. The van der Waals surface area contributed by atoms with Gasteiger partial charge in [0.1, 0.15) is 0 Å². The Labute approximate surface area is 111 Å². The van der Waals surface area contributed by atoms with E-state index in [1.165, 1.54) is 5.56 Å². The quantitative estimate of drug-likeness (QED) is 0.875. The van der Waals surface area contributed by atoms with Gasteiger partial charge in [-0.05, 0) is 51.9 Å². The zero-order valence-corrected chi connectivity index (χ0v) is 12.1. The van der Waals surface area contributed by atoms with Gasteiger partial charge in [-0.3, -0.25) is 4.79 Å². The molecule has 1 aliphatic carbocycles. The van der Waals surface area contributed by atoms with Crippen molar-refractivity contribution in [3.8, 4) is 0 Å². The first-order valence-electron chi connectivity index (χ1n) is 5.99. The lowest BCUT2D eigenvalue weighted by atomic mass is 9.87. The average molecular weight is 296 g/mol. The van der Waals surface area contributed by atoms with Crippen LogP contribution in [0.15, 0.2) is 22.7 Å². The van der Waals surface area contributed by atoms with Crippen LogP contribution in [-0.2, 0) is 10.2 Å². The summed E-state index contributed by atoms with van der Waals surface area (Å²) >= 11 is 3.52. The molecule has 0 heterocycles. The van der Waals surface area contributed by atoms with Crippen LogP contribution in [0, 0.1) is 5.92 Å². The highest BCUT2D eigenvalue weighted by Gasteiger charge is 2.29. The molecule has 1 fully saturated rings. The molecule has 0 unspecified atom stereocenters. The summed E-state index contributed by atoms with van der Waals surface area (Å²) in [4.78, 5) is 11.7. The average Bonchev–Trinajstić information content (AvgIpc) is 3.02. The molecule has 0 aliphatic heterocycles. The van der Waals surface area contributed by atoms with E-state index >= 15 is 0 Å². The fraction of sp³-hybridized carbons (Fsp3) is 0.500. The van der Waals surface area contributed by atoms with Crippen LogP contribution in [0.2, 0.25) is 0 Å². The Bertz CT molecular complexity index is 444. The van der Waals surface area contributed by atoms with E-state index in [1.807, 2.05) is 6.07 Å². The van der Waals surface area contributed by atoms with E-state index in [0.29, 0.717) is 0 Å². The molecule has 17 heavy (non-hydrogen) atoms. The Morgan fingerprint density at radius 1 is 1.35 bits per heavy atom. The molecule has 3 heteroatoms. The van der Waals surface area contributed by atoms with E-state index in [0.717, 1.165) is 23.0 Å². The normalized spacial score (nSPS) is 15.8. The standard InChI is InChI=1S/C14H18BrNO/c1-14(2,3)10-6-7-12(11(15)8-10)16-13(17)9-4-5-9/h6-9H,4-5H2,1-3H3,(H,16,17). The van der Waals surface area contributed by atoms with Crippen LogP contribution in [-0.4, -0.2) is 5.91 Å². The second-order valence-corrected chi connectivity index (χ2v) is 6.56. The fourth-order valence-electron chi connectivity index (χ4n) is 1.66. The van der Waals surface area contributed by atoms with Crippen LogP contribution in [0.25, 0.3) is 0 Å². The van der Waals surface area contributed by atoms with Gasteiger partial charge in [-0.15, -0.1) is 0 Å². The van der Waals surface area contributed by atoms with Gasteiger partial charge in [0.05, 0.1) is 5.69 Å². The topological polar surface area (TPSA) is 29.1 Å². The van der Waals surface area contributed by atoms with E-state index < -0.39 is 0 Å². The Morgan fingerprint density at radius 2 is 2.00 bits per heavy atom. The van der Waals surface area contributed by atoms with Gasteiger partial charge in [0.25, 0.3) is 0 Å². The number of benzene rings is 1. The summed E-state index contributed by atoms with van der Waals surface area (Å²) in [6.07, 6.45) is 2.06. The number of amides is 1. The molecule has 2 rings (SSSR count). The third kappa shape index (κ3) is 3.09. The minimum atomic E-state index is 0.127. The fourth-order valence-corrected chi connectivity index (χ4v) is 2.14. The molecule has 1 saturated carbocycles. The van der Waals surface area contributed by atoms with Gasteiger partial charge in [0, 0.05) is 10.4 Å². The van der Waals surface area contributed by atoms with Crippen molar-refractivity contribution < 1.29 is 4.79 Å². The molecule has 1 aromatic rings. The Kier molecular flexibility index (Phi) is 3.30. The van der Waals surface area contributed by atoms with Crippen LogP contribution in [0.4, 0.5) is 5.69 Å². The predicted octanol–water partition coefficient (Wildman–Crippen LogP) is 4.10. The second-order valence-electron chi connectivity index (χ2n) is 5.71. The van der Waals surface area contributed by atoms with Gasteiger partial charge < -0.3 is 5.32 Å². The number of hydrogen-bond donors (Lipinski definition) is 1. The maximum absolute atomic E-state index is 11.7. The van der Waals surface area contributed by atoms with Gasteiger partial charge in [-0.1, -0.05) is 26.8 Å². The lowest BCUT2D eigenvalue weighted by Crippen LogP contribution is -2.15. The summed E-state index contributed by atoms with van der Waals surface area (Å²) < 4.78 is 0.957. The SMILES string of the molecule is CC(C)(C)c1ccc(NC(=O)C2CC2)c(Br)c1. The van der Waals surface area contributed by atoms with Crippen LogP contribution < -0.4 is 5.32 Å². The van der Waals surface area contributed by atoms with Gasteiger partial charge in [-0.25, -0.2) is 0 Å². The van der Waals surface area contributed by atoms with E-state index in [-0.39, 0.29) is 17.2 Å². The summed E-state index contributed by atoms with van der Waals surface area (Å²) in [6, 6.07) is 6.14. The summed E-state index contributed by atoms with van der Waals surface area (Å²) in [5, 5.41) is 2.96. The highest BCUT2D eigenvalue weighted by molar-refractivity contribution is 9.10. The molecular weight excluding hydrogens is 278 g/mol. The molecule has 0 aromatic heterocycles. The van der Waals surface area contributed by atoms with Crippen molar-refractivity contribution in [2.75, 3.05) is 5.32 Å². The Balaban J connectivity index is 2.16. The summed E-state index contributed by atoms with van der Waals surface area (Å²) in [7, 11) is 0. The summed E-state index contributed by atoms with van der Waals surface area (Å²) in [5.41, 5.74) is 2.25. The number of carbonyl (C=O) groups is 1. The van der Waals surface area contributed by atoms with Crippen LogP contribution in [0.1, 0.15) is 39.2 Å². The number of carbonyl (C=O) groups excluding carboxylic acids is 1. The number of hydrogen-bond acceptors (Lipinski definition) is 1. The highest BCUT2D eigenvalue weighted by atomic mass is 79.9. The van der Waals surface area contributed by atoms with E-state index in [9.17, 15) is 4.79 Å². The molecule has 2 nitrogen and oxygen atoms in total. The van der Waals surface area contributed by atoms with Crippen LogP contribution in [0.3, 0.4) is 0 Å². The number of anilines is 1. The predicted molar refractivity (Wildman–Crippen MR) is 74.2 cm³/mol. The van der Waals surface area contributed by atoms with E-state index in [4.69, 9.17) is 0 Å². The highest BCUT2D eigenvalue weighted by Crippen LogP contribution is 2.33. The van der Waals surface area contributed by atoms with Crippen molar-refractivity contribution in [2.24, 2.45) is 5.92 Å². The van der Waals surface area contributed by atoms with Crippen molar-refractivity contribution in [1.29, 1.82) is 0 Å². The number of rotatable bonds is 2. The third-order valence-electron chi connectivity index (χ3n) is 3.04. The maximum atomic E-state index is 11.7. The number of nitrogens with one attached hydrogen (secondary N) is 1. The molecule has 0 bridgehead atoms. The first kappa shape index (κ1) is 12.6. The van der Waals surface area contributed by atoms with Gasteiger partial charge in [0.15, 0.2) is 0 Å². The lowest BCUT2D eigenvalue weighted by molar-refractivity contribution is -0.117. The molecular formula is C14H18BrNO. The van der Waals surface area contributed by atoms with Crippen molar-refractivity contribution in [1.82, 2.24) is 0 Å². The summed E-state index contributed by atoms with van der Waals surface area (Å²) in [5.74, 6) is 0.387. The van der Waals surface area contributed by atoms with E-state index in [1.54, 1.807) is 0 Å². The van der Waals surface area contributed by atoms with E-state index in [2.05, 4.69) is 54.2 Å². The Morgan fingerprint density at radius 3 is 2.47 bits per heavy atom. The molecule has 0 saturated heterocycles. The Hall–Kier alpha value is -0.830. The molecule has 1 aromatic carbocycles. The first-order valence-corrected chi connectivity index (χ1v) is 6.78.